The minimum Gasteiger partial charge on any atom is -0.0844 e. The first-order valence-electron chi connectivity index (χ1n) is 5.56. The van der Waals surface area contributed by atoms with Gasteiger partial charge in [-0.05, 0) is 39.2 Å². The summed E-state index contributed by atoms with van der Waals surface area (Å²) in [5.74, 6) is 0. The standard InChI is InChI=1S/C15H20/c1-4-14(12-13(2)3)10-11-15-8-6-5-7-9-15/h4-9,12H,10-11H2,1-3H3/b14-4-. The summed E-state index contributed by atoms with van der Waals surface area (Å²) in [6.45, 7) is 6.40. The van der Waals surface area contributed by atoms with Gasteiger partial charge in [0, 0.05) is 0 Å². The highest BCUT2D eigenvalue weighted by Gasteiger charge is 1.95. The fourth-order valence-corrected chi connectivity index (χ4v) is 1.60. The fraction of sp³-hybridized carbons (Fsp3) is 0.333. The number of aryl methyl sites for hydroxylation is 1. The van der Waals surface area contributed by atoms with Gasteiger partial charge in [-0.1, -0.05) is 53.6 Å². The lowest BCUT2D eigenvalue weighted by atomic mass is 10.0. The lowest BCUT2D eigenvalue weighted by Crippen LogP contribution is -1.87. The van der Waals surface area contributed by atoms with E-state index in [9.17, 15) is 0 Å². The zero-order chi connectivity index (χ0) is 11.1. The van der Waals surface area contributed by atoms with Crippen molar-refractivity contribution in [2.45, 2.75) is 33.6 Å². The minimum absolute atomic E-state index is 1.13. The third kappa shape index (κ3) is 4.64. The van der Waals surface area contributed by atoms with E-state index in [0.717, 1.165) is 12.8 Å². The number of hydrogen-bond acceptors (Lipinski definition) is 0. The van der Waals surface area contributed by atoms with Crippen molar-refractivity contribution in [1.29, 1.82) is 0 Å². The second-order valence-corrected chi connectivity index (χ2v) is 4.07. The molecule has 0 bridgehead atoms. The van der Waals surface area contributed by atoms with Gasteiger partial charge in [0.1, 0.15) is 0 Å². The molecule has 0 fully saturated rings. The van der Waals surface area contributed by atoms with Gasteiger partial charge in [0.15, 0.2) is 0 Å². The van der Waals surface area contributed by atoms with Crippen molar-refractivity contribution in [3.05, 3.63) is 59.2 Å². The Hall–Kier alpha value is -1.30. The van der Waals surface area contributed by atoms with Crippen LogP contribution in [-0.4, -0.2) is 0 Å². The monoisotopic (exact) mass is 200 g/mol. The lowest BCUT2D eigenvalue weighted by molar-refractivity contribution is 0.959. The van der Waals surface area contributed by atoms with Gasteiger partial charge in [-0.3, -0.25) is 0 Å². The van der Waals surface area contributed by atoms with Crippen LogP contribution in [0.25, 0.3) is 0 Å². The summed E-state index contributed by atoms with van der Waals surface area (Å²) in [6.07, 6.45) is 6.73. The zero-order valence-electron chi connectivity index (χ0n) is 9.96. The molecule has 0 unspecified atom stereocenters. The van der Waals surface area contributed by atoms with Crippen molar-refractivity contribution < 1.29 is 0 Å². The van der Waals surface area contributed by atoms with Gasteiger partial charge < -0.3 is 0 Å². The molecule has 0 radical (unpaired) electrons. The average molecular weight is 200 g/mol. The van der Waals surface area contributed by atoms with Crippen molar-refractivity contribution in [3.63, 3.8) is 0 Å². The molecule has 0 saturated heterocycles. The molecule has 15 heavy (non-hydrogen) atoms. The highest BCUT2D eigenvalue weighted by Crippen LogP contribution is 2.11. The van der Waals surface area contributed by atoms with Crippen LogP contribution >= 0.6 is 0 Å². The van der Waals surface area contributed by atoms with Crippen molar-refractivity contribution >= 4 is 0 Å². The third-order valence-electron chi connectivity index (χ3n) is 2.39. The summed E-state index contributed by atoms with van der Waals surface area (Å²) in [6, 6.07) is 10.7. The quantitative estimate of drug-likeness (QED) is 0.626. The third-order valence-corrected chi connectivity index (χ3v) is 2.39. The van der Waals surface area contributed by atoms with Crippen LogP contribution in [-0.2, 0) is 6.42 Å². The molecule has 1 aromatic carbocycles. The van der Waals surface area contributed by atoms with Gasteiger partial charge in [0.05, 0.1) is 0 Å². The lowest BCUT2D eigenvalue weighted by Gasteiger charge is -2.03. The maximum absolute atomic E-state index is 2.27. The Morgan fingerprint density at radius 3 is 2.33 bits per heavy atom. The van der Waals surface area contributed by atoms with Crippen LogP contribution in [0.2, 0.25) is 0 Å². The summed E-state index contributed by atoms with van der Waals surface area (Å²) in [4.78, 5) is 0. The van der Waals surface area contributed by atoms with Gasteiger partial charge in [-0.25, -0.2) is 0 Å². The Morgan fingerprint density at radius 2 is 1.80 bits per heavy atom. The van der Waals surface area contributed by atoms with Crippen LogP contribution in [0.1, 0.15) is 32.8 Å². The normalized spacial score (nSPS) is 11.3. The molecule has 0 heterocycles. The Labute approximate surface area is 93.3 Å². The molecule has 0 aromatic heterocycles. The molecule has 0 N–H and O–H groups in total. The molecule has 1 rings (SSSR count). The summed E-state index contributed by atoms with van der Waals surface area (Å²) < 4.78 is 0. The van der Waals surface area contributed by atoms with E-state index in [2.05, 4.69) is 63.3 Å². The Kier molecular flexibility index (Phi) is 4.89. The maximum Gasteiger partial charge on any atom is -0.0238 e. The first-order valence-corrected chi connectivity index (χ1v) is 5.56. The van der Waals surface area contributed by atoms with E-state index < -0.39 is 0 Å². The van der Waals surface area contributed by atoms with E-state index in [-0.39, 0.29) is 0 Å². The van der Waals surface area contributed by atoms with Gasteiger partial charge >= 0.3 is 0 Å². The molecule has 0 heteroatoms. The second-order valence-electron chi connectivity index (χ2n) is 4.07. The van der Waals surface area contributed by atoms with E-state index in [0.29, 0.717) is 0 Å². The second kappa shape index (κ2) is 6.23. The summed E-state index contributed by atoms with van der Waals surface area (Å²) in [5, 5.41) is 0. The van der Waals surface area contributed by atoms with Crippen LogP contribution in [0, 0.1) is 0 Å². The molecule has 1 aromatic rings. The van der Waals surface area contributed by atoms with Crippen molar-refractivity contribution in [3.8, 4) is 0 Å². The van der Waals surface area contributed by atoms with Crippen LogP contribution in [0.3, 0.4) is 0 Å². The van der Waals surface area contributed by atoms with Crippen LogP contribution in [0.4, 0.5) is 0 Å². The molecule has 0 aliphatic carbocycles. The number of rotatable bonds is 4. The highest BCUT2D eigenvalue weighted by atomic mass is 14.0. The van der Waals surface area contributed by atoms with Gasteiger partial charge in [-0.15, -0.1) is 0 Å². The van der Waals surface area contributed by atoms with Crippen molar-refractivity contribution in [2.24, 2.45) is 0 Å². The Morgan fingerprint density at radius 1 is 1.13 bits per heavy atom. The molecule has 0 aliphatic rings. The predicted octanol–water partition coefficient (Wildman–Crippen LogP) is 4.53. The van der Waals surface area contributed by atoms with Gasteiger partial charge in [0.25, 0.3) is 0 Å². The highest BCUT2D eigenvalue weighted by molar-refractivity contribution is 5.24. The van der Waals surface area contributed by atoms with Crippen LogP contribution in [0.5, 0.6) is 0 Å². The average Bonchev–Trinajstić information content (AvgIpc) is 2.25. The summed E-state index contributed by atoms with van der Waals surface area (Å²) in [7, 11) is 0. The molecule has 80 valence electrons. The minimum atomic E-state index is 1.13. The SMILES string of the molecule is C/C=C(\C=C(C)C)CCc1ccccc1. The van der Waals surface area contributed by atoms with Crippen molar-refractivity contribution in [1.82, 2.24) is 0 Å². The smallest absolute Gasteiger partial charge is 0.0238 e. The van der Waals surface area contributed by atoms with E-state index >= 15 is 0 Å². The number of allylic oxidation sites excluding steroid dienone is 4. The Bertz CT molecular complexity index is 338. The Balaban J connectivity index is 2.53. The van der Waals surface area contributed by atoms with E-state index in [1.165, 1.54) is 16.7 Å². The maximum atomic E-state index is 2.27. The molecular weight excluding hydrogens is 180 g/mol. The van der Waals surface area contributed by atoms with E-state index in [1.54, 1.807) is 0 Å². The van der Waals surface area contributed by atoms with Gasteiger partial charge in [0.2, 0.25) is 0 Å². The first-order chi connectivity index (χ1) is 7.22. The number of benzene rings is 1. The van der Waals surface area contributed by atoms with Crippen molar-refractivity contribution in [2.75, 3.05) is 0 Å². The van der Waals surface area contributed by atoms with E-state index in [1.807, 2.05) is 0 Å². The van der Waals surface area contributed by atoms with Gasteiger partial charge in [-0.2, -0.15) is 0 Å². The first kappa shape index (κ1) is 11.8. The zero-order valence-corrected chi connectivity index (χ0v) is 9.96. The molecule has 0 nitrogen and oxygen atoms in total. The van der Waals surface area contributed by atoms with Crippen LogP contribution < -0.4 is 0 Å². The molecule has 0 spiro atoms. The fourth-order valence-electron chi connectivity index (χ4n) is 1.60. The largest absolute Gasteiger partial charge is 0.0844 e. The molecule has 0 aliphatic heterocycles. The summed E-state index contributed by atoms with van der Waals surface area (Å²) >= 11 is 0. The predicted molar refractivity (Wildman–Crippen MR) is 68.0 cm³/mol. The number of hydrogen-bond donors (Lipinski definition) is 0. The van der Waals surface area contributed by atoms with E-state index in [4.69, 9.17) is 0 Å². The summed E-state index contributed by atoms with van der Waals surface area (Å²) in [5.41, 5.74) is 4.22. The topological polar surface area (TPSA) is 0 Å². The molecular formula is C15H20. The van der Waals surface area contributed by atoms with Crippen LogP contribution in [0.15, 0.2) is 53.6 Å². The molecule has 0 atom stereocenters. The molecule has 0 amide bonds. The molecule has 0 saturated carbocycles.